The molecule has 0 saturated carbocycles. The van der Waals surface area contributed by atoms with Gasteiger partial charge in [-0.3, -0.25) is 4.55 Å². The summed E-state index contributed by atoms with van der Waals surface area (Å²) in [4.78, 5) is 0. The van der Waals surface area contributed by atoms with Gasteiger partial charge in [-0.05, 0) is 23.4 Å². The lowest BCUT2D eigenvalue weighted by atomic mass is 9.74. The van der Waals surface area contributed by atoms with Crippen molar-refractivity contribution in [3.05, 3.63) is 35.9 Å². The minimum absolute atomic E-state index is 0.210. The smallest absolute Gasteiger partial charge is 0.265 e. The van der Waals surface area contributed by atoms with Gasteiger partial charge in [0, 0.05) is 0 Å². The fourth-order valence-corrected chi connectivity index (χ4v) is 2.99. The van der Waals surface area contributed by atoms with Crippen LogP contribution in [0.5, 0.6) is 0 Å². The first kappa shape index (κ1) is 14.2. The van der Waals surface area contributed by atoms with Crippen LogP contribution in [0.3, 0.4) is 0 Å². The van der Waals surface area contributed by atoms with Crippen molar-refractivity contribution in [1.29, 1.82) is 0 Å². The summed E-state index contributed by atoms with van der Waals surface area (Å²) in [6, 6.07) is 9.58. The van der Waals surface area contributed by atoms with Crippen LogP contribution in [0.1, 0.15) is 19.4 Å². The van der Waals surface area contributed by atoms with Crippen LogP contribution in [0.4, 0.5) is 0 Å². The van der Waals surface area contributed by atoms with E-state index in [-0.39, 0.29) is 18.2 Å². The molecule has 1 aromatic carbocycles. The lowest BCUT2D eigenvalue weighted by Gasteiger charge is -2.33. The van der Waals surface area contributed by atoms with Crippen LogP contribution in [0.2, 0.25) is 0 Å². The molecule has 0 bridgehead atoms. The molecule has 1 unspecified atom stereocenters. The Morgan fingerprint density at radius 1 is 1.29 bits per heavy atom. The zero-order valence-electron chi connectivity index (χ0n) is 10.1. The maximum atomic E-state index is 11.0. The number of benzene rings is 1. The number of hydrogen-bond acceptors (Lipinski definition) is 3. The third-order valence-corrected chi connectivity index (χ3v) is 4.06. The Labute approximate surface area is 103 Å². The van der Waals surface area contributed by atoms with Gasteiger partial charge >= 0.3 is 0 Å². The predicted molar refractivity (Wildman–Crippen MR) is 68.4 cm³/mol. The summed E-state index contributed by atoms with van der Waals surface area (Å²) in [5, 5.41) is 0. The zero-order valence-corrected chi connectivity index (χ0v) is 10.9. The maximum Gasteiger partial charge on any atom is 0.265 e. The van der Waals surface area contributed by atoms with Crippen molar-refractivity contribution in [3.63, 3.8) is 0 Å². The molecule has 5 heteroatoms. The molecule has 0 amide bonds. The first-order valence-electron chi connectivity index (χ1n) is 5.48. The van der Waals surface area contributed by atoms with Gasteiger partial charge in [0.05, 0.1) is 5.75 Å². The van der Waals surface area contributed by atoms with Crippen LogP contribution in [0.25, 0.3) is 0 Å². The molecule has 17 heavy (non-hydrogen) atoms. The van der Waals surface area contributed by atoms with Gasteiger partial charge in [0.25, 0.3) is 10.1 Å². The predicted octanol–water partition coefficient (Wildman–Crippen LogP) is 1.43. The van der Waals surface area contributed by atoms with Crippen LogP contribution in [0.15, 0.2) is 30.3 Å². The number of rotatable bonds is 5. The minimum Gasteiger partial charge on any atom is -0.330 e. The van der Waals surface area contributed by atoms with Gasteiger partial charge < -0.3 is 5.73 Å². The van der Waals surface area contributed by atoms with Gasteiger partial charge in [-0.1, -0.05) is 44.2 Å². The van der Waals surface area contributed by atoms with E-state index < -0.39 is 15.5 Å². The van der Waals surface area contributed by atoms with E-state index in [1.807, 2.05) is 44.2 Å². The summed E-state index contributed by atoms with van der Waals surface area (Å²) < 4.78 is 30.9. The quantitative estimate of drug-likeness (QED) is 0.782. The second-order valence-corrected chi connectivity index (χ2v) is 6.27. The molecule has 4 nitrogen and oxygen atoms in total. The van der Waals surface area contributed by atoms with Gasteiger partial charge in [0.2, 0.25) is 0 Å². The van der Waals surface area contributed by atoms with Gasteiger partial charge in [0.1, 0.15) is 0 Å². The van der Waals surface area contributed by atoms with Crippen molar-refractivity contribution >= 4 is 10.1 Å². The lowest BCUT2D eigenvalue weighted by Crippen LogP contribution is -2.39. The molecule has 0 aliphatic carbocycles. The van der Waals surface area contributed by atoms with Crippen molar-refractivity contribution in [2.24, 2.45) is 11.7 Å². The standard InChI is InChI=1S/C12H19NO3S/c1-12(2,10-6-4-3-5-7-10)11(8-13)9-17(14,15)16/h3-7,11H,8-9,13H2,1-2H3,(H,14,15,16). The van der Waals surface area contributed by atoms with Gasteiger partial charge in [0.15, 0.2) is 0 Å². The molecule has 0 aromatic heterocycles. The van der Waals surface area contributed by atoms with E-state index in [2.05, 4.69) is 0 Å². The molecule has 0 fully saturated rings. The number of nitrogens with two attached hydrogens (primary N) is 1. The first-order valence-corrected chi connectivity index (χ1v) is 7.09. The van der Waals surface area contributed by atoms with Gasteiger partial charge in [-0.15, -0.1) is 0 Å². The Kier molecular flexibility index (Phi) is 4.30. The van der Waals surface area contributed by atoms with Crippen LogP contribution in [-0.4, -0.2) is 25.3 Å². The Morgan fingerprint density at radius 2 is 1.82 bits per heavy atom. The Bertz CT molecular complexity index is 454. The van der Waals surface area contributed by atoms with Crippen LogP contribution in [-0.2, 0) is 15.5 Å². The highest BCUT2D eigenvalue weighted by Crippen LogP contribution is 2.31. The second-order valence-electron chi connectivity index (χ2n) is 4.77. The fourth-order valence-electron chi connectivity index (χ4n) is 1.93. The molecule has 1 rings (SSSR count). The molecule has 0 radical (unpaired) electrons. The maximum absolute atomic E-state index is 11.0. The zero-order chi connectivity index (χ0) is 13.1. The van der Waals surface area contributed by atoms with Crippen molar-refractivity contribution in [2.45, 2.75) is 19.3 Å². The van der Waals surface area contributed by atoms with Crippen molar-refractivity contribution in [1.82, 2.24) is 0 Å². The third kappa shape index (κ3) is 3.80. The average Bonchev–Trinajstić information content (AvgIpc) is 2.25. The highest BCUT2D eigenvalue weighted by Gasteiger charge is 2.33. The Morgan fingerprint density at radius 3 is 2.24 bits per heavy atom. The summed E-state index contributed by atoms with van der Waals surface area (Å²) >= 11 is 0. The molecule has 0 spiro atoms. The Hall–Kier alpha value is -0.910. The van der Waals surface area contributed by atoms with Gasteiger partial charge in [-0.2, -0.15) is 8.42 Å². The first-order chi connectivity index (χ1) is 7.77. The summed E-state index contributed by atoms with van der Waals surface area (Å²) in [5.41, 5.74) is 6.24. The van der Waals surface area contributed by atoms with E-state index in [1.165, 1.54) is 0 Å². The molecule has 96 valence electrons. The summed E-state index contributed by atoms with van der Waals surface area (Å²) in [7, 11) is -4.01. The topological polar surface area (TPSA) is 80.4 Å². The molecule has 0 saturated heterocycles. The molecule has 1 atom stereocenters. The SMILES string of the molecule is CC(C)(c1ccccc1)C(CN)CS(=O)(=O)O. The largest absolute Gasteiger partial charge is 0.330 e. The Balaban J connectivity index is 3.02. The van der Waals surface area contributed by atoms with E-state index in [1.54, 1.807) is 0 Å². The molecule has 3 N–H and O–H groups in total. The van der Waals surface area contributed by atoms with E-state index in [0.29, 0.717) is 0 Å². The molecule has 1 aromatic rings. The second kappa shape index (κ2) is 5.16. The van der Waals surface area contributed by atoms with Crippen LogP contribution < -0.4 is 5.73 Å². The summed E-state index contributed by atoms with van der Waals surface area (Å²) in [5.74, 6) is -0.634. The normalized spacial score (nSPS) is 14.6. The van der Waals surface area contributed by atoms with E-state index in [9.17, 15) is 8.42 Å². The summed E-state index contributed by atoms with van der Waals surface area (Å²) in [6.45, 7) is 4.08. The van der Waals surface area contributed by atoms with E-state index >= 15 is 0 Å². The van der Waals surface area contributed by atoms with Crippen LogP contribution in [0, 0.1) is 5.92 Å². The molecular weight excluding hydrogens is 238 g/mol. The van der Waals surface area contributed by atoms with E-state index in [0.717, 1.165) is 5.56 Å². The third-order valence-electron chi connectivity index (χ3n) is 3.23. The van der Waals surface area contributed by atoms with Crippen molar-refractivity contribution in [2.75, 3.05) is 12.3 Å². The molecule has 0 aliphatic rings. The fraction of sp³-hybridized carbons (Fsp3) is 0.500. The monoisotopic (exact) mass is 257 g/mol. The number of hydrogen-bond donors (Lipinski definition) is 2. The highest BCUT2D eigenvalue weighted by molar-refractivity contribution is 7.85. The van der Waals surface area contributed by atoms with Crippen molar-refractivity contribution < 1.29 is 13.0 Å². The lowest BCUT2D eigenvalue weighted by molar-refractivity contribution is 0.344. The molecular formula is C12H19NO3S. The van der Waals surface area contributed by atoms with Crippen LogP contribution >= 0.6 is 0 Å². The van der Waals surface area contributed by atoms with Gasteiger partial charge in [-0.25, -0.2) is 0 Å². The minimum atomic E-state index is -4.01. The molecule has 0 aliphatic heterocycles. The van der Waals surface area contributed by atoms with Crippen molar-refractivity contribution in [3.8, 4) is 0 Å². The molecule has 0 heterocycles. The highest BCUT2D eigenvalue weighted by atomic mass is 32.2. The van der Waals surface area contributed by atoms with E-state index in [4.69, 9.17) is 10.3 Å². The average molecular weight is 257 g/mol. The summed E-state index contributed by atoms with van der Waals surface area (Å²) in [6.07, 6.45) is 0.